The van der Waals surface area contributed by atoms with E-state index >= 15 is 0 Å². The minimum Gasteiger partial charge on any atom is -0.463 e. The summed E-state index contributed by atoms with van der Waals surface area (Å²) in [5.41, 5.74) is 0. The number of rotatable bonds is 19. The van der Waals surface area contributed by atoms with E-state index in [1.807, 2.05) is 6.08 Å². The molecule has 0 aromatic heterocycles. The summed E-state index contributed by atoms with van der Waals surface area (Å²) in [6, 6.07) is 0. The zero-order chi connectivity index (χ0) is 25.3. The number of carbonyl (C=O) groups excluding carboxylic acids is 2. The van der Waals surface area contributed by atoms with E-state index in [1.54, 1.807) is 0 Å². The van der Waals surface area contributed by atoms with E-state index in [4.69, 9.17) is 19.7 Å². The van der Waals surface area contributed by atoms with E-state index in [1.165, 1.54) is 71.1 Å². The summed E-state index contributed by atoms with van der Waals surface area (Å²) in [4.78, 5) is 22.7. The topological polar surface area (TPSA) is 93.1 Å². The first-order chi connectivity index (χ1) is 16.5. The van der Waals surface area contributed by atoms with Crippen molar-refractivity contribution in [3.63, 3.8) is 0 Å². The molecular weight excluding hydrogens is 432 g/mol. The van der Waals surface area contributed by atoms with Gasteiger partial charge in [0.25, 0.3) is 0 Å². The van der Waals surface area contributed by atoms with E-state index in [0.717, 1.165) is 19.3 Å². The Morgan fingerprint density at radius 1 is 0.912 bits per heavy atom. The molecule has 0 aliphatic rings. The predicted molar refractivity (Wildman–Crippen MR) is 134 cm³/mol. The first-order valence-electron chi connectivity index (χ1n) is 12.8. The van der Waals surface area contributed by atoms with Gasteiger partial charge < -0.3 is 19.7 Å². The van der Waals surface area contributed by atoms with Gasteiger partial charge in [-0.1, -0.05) is 83.5 Å². The lowest BCUT2D eigenvalue weighted by molar-refractivity contribution is -0.147. The third-order valence-electron chi connectivity index (χ3n) is 5.08. The minimum absolute atomic E-state index is 0.0679. The third kappa shape index (κ3) is 22.9. The lowest BCUT2D eigenvalue weighted by Crippen LogP contribution is -2.21. The molecule has 2 N–H and O–H groups in total. The molecular formula is C28H44O6. The van der Waals surface area contributed by atoms with Crippen molar-refractivity contribution < 1.29 is 29.3 Å². The standard InChI is InChI=1S/C28H44O6/c1-3-4-5-6-7-8-9-10-11-12-13-14-17-20-27(34-25(2)30)21-18-15-16-19-22-28(32)33-24-26(31)23-29/h20,26,29,31H,3-14,17,19,22-24H2,1-2H3/b27-20-/t26-/m0/s1. The Kier molecular flexibility index (Phi) is 22.3. The van der Waals surface area contributed by atoms with Gasteiger partial charge in [0.15, 0.2) is 5.76 Å². The number of hydrogen-bond acceptors (Lipinski definition) is 6. The van der Waals surface area contributed by atoms with Gasteiger partial charge in [0, 0.05) is 13.3 Å². The van der Waals surface area contributed by atoms with Crippen LogP contribution in [0.4, 0.5) is 0 Å². The van der Waals surface area contributed by atoms with Crippen LogP contribution in [0, 0.1) is 23.7 Å². The molecule has 1 atom stereocenters. The highest BCUT2D eigenvalue weighted by Gasteiger charge is 2.06. The van der Waals surface area contributed by atoms with E-state index in [-0.39, 0.29) is 19.4 Å². The van der Waals surface area contributed by atoms with Crippen LogP contribution in [0.15, 0.2) is 11.8 Å². The largest absolute Gasteiger partial charge is 0.463 e. The van der Waals surface area contributed by atoms with Crippen molar-refractivity contribution in [1.82, 2.24) is 0 Å². The number of ether oxygens (including phenoxy) is 2. The lowest BCUT2D eigenvalue weighted by Gasteiger charge is -2.07. The molecule has 0 saturated heterocycles. The molecule has 0 aliphatic carbocycles. The van der Waals surface area contributed by atoms with Crippen LogP contribution < -0.4 is 0 Å². The van der Waals surface area contributed by atoms with E-state index in [9.17, 15) is 9.59 Å². The molecule has 6 heteroatoms. The van der Waals surface area contributed by atoms with Crippen molar-refractivity contribution in [2.45, 2.75) is 116 Å². The highest BCUT2D eigenvalue weighted by atomic mass is 16.5. The van der Waals surface area contributed by atoms with Crippen molar-refractivity contribution in [3.8, 4) is 23.7 Å². The number of carbonyl (C=O) groups is 2. The van der Waals surface area contributed by atoms with E-state index < -0.39 is 24.6 Å². The molecule has 0 amide bonds. The molecule has 6 nitrogen and oxygen atoms in total. The number of aliphatic hydroxyl groups excluding tert-OH is 2. The average Bonchev–Trinajstić information content (AvgIpc) is 2.81. The first kappa shape index (κ1) is 31.7. The fraction of sp³-hybridized carbons (Fsp3) is 0.714. The second-order valence-corrected chi connectivity index (χ2v) is 8.41. The van der Waals surface area contributed by atoms with Crippen LogP contribution in [0.3, 0.4) is 0 Å². The first-order valence-corrected chi connectivity index (χ1v) is 12.8. The number of esters is 2. The van der Waals surface area contributed by atoms with Gasteiger partial charge in [-0.25, -0.2) is 0 Å². The molecule has 0 aliphatic heterocycles. The van der Waals surface area contributed by atoms with Gasteiger partial charge >= 0.3 is 11.9 Å². The van der Waals surface area contributed by atoms with Crippen molar-refractivity contribution in [2.24, 2.45) is 0 Å². The molecule has 0 aromatic rings. The van der Waals surface area contributed by atoms with Gasteiger partial charge in [-0.3, -0.25) is 9.59 Å². The maximum Gasteiger partial charge on any atom is 0.308 e. The maximum atomic E-state index is 11.4. The van der Waals surface area contributed by atoms with Crippen LogP contribution >= 0.6 is 0 Å². The Morgan fingerprint density at radius 3 is 2.06 bits per heavy atom. The number of allylic oxidation sites excluding steroid dienone is 2. The molecule has 0 radical (unpaired) electrons. The Morgan fingerprint density at radius 2 is 1.50 bits per heavy atom. The number of hydrogen-bond donors (Lipinski definition) is 2. The van der Waals surface area contributed by atoms with Gasteiger partial charge in [-0.15, -0.1) is 0 Å². The Balaban J connectivity index is 4.05. The minimum atomic E-state index is -1.07. The summed E-state index contributed by atoms with van der Waals surface area (Å²) in [6.07, 6.45) is 17.4. The SMILES string of the molecule is CCCCCCCCCCCCCC/C=C(/C#CC#CCCC(=O)OC[C@@H](O)CO)OC(C)=O. The normalized spacial score (nSPS) is 11.6. The number of aliphatic hydroxyl groups is 2. The zero-order valence-corrected chi connectivity index (χ0v) is 21.2. The second kappa shape index (κ2) is 23.9. The molecule has 0 fully saturated rings. The summed E-state index contributed by atoms with van der Waals surface area (Å²) in [7, 11) is 0. The zero-order valence-electron chi connectivity index (χ0n) is 21.2. The average molecular weight is 477 g/mol. The lowest BCUT2D eigenvalue weighted by atomic mass is 10.0. The third-order valence-corrected chi connectivity index (χ3v) is 5.08. The monoisotopic (exact) mass is 476 g/mol. The molecule has 0 aromatic carbocycles. The molecule has 0 saturated carbocycles. The highest BCUT2D eigenvalue weighted by molar-refractivity contribution is 5.69. The molecule has 0 bridgehead atoms. The summed E-state index contributed by atoms with van der Waals surface area (Å²) in [5.74, 6) is 10.1. The van der Waals surface area contributed by atoms with Crippen molar-refractivity contribution in [1.29, 1.82) is 0 Å². The van der Waals surface area contributed by atoms with Gasteiger partial charge in [-0.2, -0.15) is 0 Å². The van der Waals surface area contributed by atoms with Gasteiger partial charge in [0.1, 0.15) is 12.7 Å². The van der Waals surface area contributed by atoms with Crippen molar-refractivity contribution in [2.75, 3.05) is 13.2 Å². The van der Waals surface area contributed by atoms with Crippen LogP contribution in [-0.2, 0) is 19.1 Å². The summed E-state index contributed by atoms with van der Waals surface area (Å²) >= 11 is 0. The van der Waals surface area contributed by atoms with Crippen LogP contribution in [0.2, 0.25) is 0 Å². The quantitative estimate of drug-likeness (QED) is 0.115. The molecule has 0 rings (SSSR count). The van der Waals surface area contributed by atoms with Crippen molar-refractivity contribution >= 4 is 11.9 Å². The van der Waals surface area contributed by atoms with Crippen LogP contribution in [0.25, 0.3) is 0 Å². The highest BCUT2D eigenvalue weighted by Crippen LogP contribution is 2.13. The Bertz CT molecular complexity index is 689. The van der Waals surface area contributed by atoms with E-state index in [0.29, 0.717) is 5.76 Å². The smallest absolute Gasteiger partial charge is 0.308 e. The van der Waals surface area contributed by atoms with E-state index in [2.05, 4.69) is 30.6 Å². The summed E-state index contributed by atoms with van der Waals surface area (Å²) in [6.45, 7) is 2.89. The van der Waals surface area contributed by atoms with Crippen LogP contribution in [0.5, 0.6) is 0 Å². The fourth-order valence-electron chi connectivity index (χ4n) is 3.17. The van der Waals surface area contributed by atoms with Gasteiger partial charge in [0.2, 0.25) is 0 Å². The molecule has 0 unspecified atom stereocenters. The maximum absolute atomic E-state index is 11.4. The van der Waals surface area contributed by atoms with Crippen LogP contribution in [0.1, 0.15) is 110 Å². The van der Waals surface area contributed by atoms with Gasteiger partial charge in [0.05, 0.1) is 13.0 Å². The Labute approximate surface area is 206 Å². The molecule has 34 heavy (non-hydrogen) atoms. The molecule has 0 spiro atoms. The summed E-state index contributed by atoms with van der Waals surface area (Å²) in [5, 5.41) is 17.8. The fourth-order valence-corrected chi connectivity index (χ4v) is 3.17. The van der Waals surface area contributed by atoms with Crippen LogP contribution in [-0.4, -0.2) is 41.5 Å². The Hall–Kier alpha value is -2.28. The molecule has 0 heterocycles. The molecule has 192 valence electrons. The van der Waals surface area contributed by atoms with Crippen molar-refractivity contribution in [3.05, 3.63) is 11.8 Å². The number of unbranched alkanes of at least 4 members (excludes halogenated alkanes) is 12. The predicted octanol–water partition coefficient (Wildman–Crippen LogP) is 5.21. The van der Waals surface area contributed by atoms with Gasteiger partial charge in [-0.05, 0) is 36.7 Å². The summed E-state index contributed by atoms with van der Waals surface area (Å²) < 4.78 is 9.91. The second-order valence-electron chi connectivity index (χ2n) is 8.41.